The highest BCUT2D eigenvalue weighted by atomic mass is 32.2. The molecule has 2 aromatic heterocycles. The van der Waals surface area contributed by atoms with E-state index in [-0.39, 0.29) is 11.4 Å². The monoisotopic (exact) mass is 329 g/mol. The molecule has 7 heteroatoms. The summed E-state index contributed by atoms with van der Waals surface area (Å²) in [6.07, 6.45) is 3.06. The van der Waals surface area contributed by atoms with E-state index in [1.807, 2.05) is 29.8 Å². The smallest absolute Gasteiger partial charge is 0.281 e. The Morgan fingerprint density at radius 3 is 2.78 bits per heavy atom. The number of nitrogens with zero attached hydrogens (tertiary/aromatic N) is 1. The number of benzene rings is 1. The number of pyridine rings is 1. The number of rotatable bonds is 4. The van der Waals surface area contributed by atoms with Crippen LogP contribution in [0.5, 0.6) is 0 Å². The minimum Gasteiger partial charge on any atom is -0.361 e. The van der Waals surface area contributed by atoms with Crippen molar-refractivity contribution >= 4 is 26.8 Å². The zero-order chi connectivity index (χ0) is 16.4. The number of hydrogen-bond acceptors (Lipinski definition) is 4. The molecular formula is C16H15N3O3S. The second-order valence-electron chi connectivity index (χ2n) is 5.18. The maximum atomic E-state index is 12.1. The van der Waals surface area contributed by atoms with Crippen LogP contribution in [0.25, 0.3) is 10.9 Å². The molecule has 0 bridgehead atoms. The van der Waals surface area contributed by atoms with Gasteiger partial charge in [-0.2, -0.15) is 8.42 Å². The number of amides is 1. The fraction of sp³-hybridized carbons (Fsp3) is 0.125. The SMILES string of the molecule is Cc1cccc2c(CC(=O)NS(=O)(=O)c3ccccn3)c[nH]c12. The van der Waals surface area contributed by atoms with E-state index in [1.54, 1.807) is 18.3 Å². The maximum Gasteiger partial charge on any atom is 0.281 e. The number of carbonyl (C=O) groups excluding carboxylic acids is 1. The molecular weight excluding hydrogens is 314 g/mol. The van der Waals surface area contributed by atoms with E-state index in [1.165, 1.54) is 12.3 Å². The van der Waals surface area contributed by atoms with E-state index in [0.717, 1.165) is 22.0 Å². The lowest BCUT2D eigenvalue weighted by Gasteiger charge is -2.05. The first kappa shape index (κ1) is 15.2. The number of hydrogen-bond donors (Lipinski definition) is 2. The van der Waals surface area contributed by atoms with E-state index < -0.39 is 15.9 Å². The van der Waals surface area contributed by atoms with Crippen molar-refractivity contribution in [3.05, 3.63) is 59.9 Å². The molecule has 6 nitrogen and oxygen atoms in total. The average molecular weight is 329 g/mol. The first-order valence-electron chi connectivity index (χ1n) is 6.99. The highest BCUT2D eigenvalue weighted by Gasteiger charge is 2.19. The molecule has 23 heavy (non-hydrogen) atoms. The number of sulfonamides is 1. The van der Waals surface area contributed by atoms with Crippen LogP contribution in [0.15, 0.2) is 53.8 Å². The van der Waals surface area contributed by atoms with Gasteiger partial charge in [-0.05, 0) is 30.2 Å². The number of aromatic nitrogens is 2. The molecule has 0 fully saturated rings. The van der Waals surface area contributed by atoms with Crippen LogP contribution < -0.4 is 4.72 Å². The fourth-order valence-corrected chi connectivity index (χ4v) is 3.36. The van der Waals surface area contributed by atoms with Crippen LogP contribution in [-0.2, 0) is 21.2 Å². The summed E-state index contributed by atoms with van der Waals surface area (Å²) in [4.78, 5) is 19.0. The number of H-pyrrole nitrogens is 1. The van der Waals surface area contributed by atoms with Gasteiger partial charge in [0.1, 0.15) is 0 Å². The lowest BCUT2D eigenvalue weighted by molar-refractivity contribution is -0.118. The molecule has 2 N–H and O–H groups in total. The molecule has 0 saturated heterocycles. The van der Waals surface area contributed by atoms with Gasteiger partial charge in [-0.15, -0.1) is 0 Å². The Kier molecular flexibility index (Phi) is 3.87. The predicted octanol–water partition coefficient (Wildman–Crippen LogP) is 1.92. The minimum atomic E-state index is -3.94. The maximum absolute atomic E-state index is 12.1. The first-order valence-corrected chi connectivity index (χ1v) is 8.48. The van der Waals surface area contributed by atoms with E-state index in [9.17, 15) is 13.2 Å². The Labute approximate surface area is 133 Å². The van der Waals surface area contributed by atoms with Gasteiger partial charge in [0, 0.05) is 23.3 Å². The van der Waals surface area contributed by atoms with Crippen molar-refractivity contribution in [2.24, 2.45) is 0 Å². The Balaban J connectivity index is 1.81. The van der Waals surface area contributed by atoms with Crippen LogP contribution in [0.2, 0.25) is 0 Å². The van der Waals surface area contributed by atoms with Crippen molar-refractivity contribution in [3.8, 4) is 0 Å². The molecule has 1 aromatic carbocycles. The summed E-state index contributed by atoms with van der Waals surface area (Å²) in [5, 5.41) is 0.735. The summed E-state index contributed by atoms with van der Waals surface area (Å²) in [5.41, 5.74) is 2.76. The van der Waals surface area contributed by atoms with Crippen molar-refractivity contribution in [2.45, 2.75) is 18.4 Å². The molecule has 0 unspecified atom stereocenters. The lowest BCUT2D eigenvalue weighted by atomic mass is 10.1. The lowest BCUT2D eigenvalue weighted by Crippen LogP contribution is -2.32. The third-order valence-electron chi connectivity index (χ3n) is 3.52. The van der Waals surface area contributed by atoms with Crippen molar-refractivity contribution in [2.75, 3.05) is 0 Å². The molecule has 3 aromatic rings. The second-order valence-corrected chi connectivity index (χ2v) is 6.81. The molecule has 3 rings (SSSR count). The molecule has 1 amide bonds. The van der Waals surface area contributed by atoms with Crippen LogP contribution >= 0.6 is 0 Å². The summed E-state index contributed by atoms with van der Waals surface area (Å²) >= 11 is 0. The van der Waals surface area contributed by atoms with Gasteiger partial charge in [0.2, 0.25) is 5.91 Å². The van der Waals surface area contributed by atoms with Gasteiger partial charge in [-0.3, -0.25) is 4.79 Å². The van der Waals surface area contributed by atoms with Gasteiger partial charge in [-0.25, -0.2) is 9.71 Å². The predicted molar refractivity (Wildman–Crippen MR) is 86.3 cm³/mol. The number of aryl methyl sites for hydroxylation is 1. The highest BCUT2D eigenvalue weighted by molar-refractivity contribution is 7.90. The molecule has 0 aliphatic heterocycles. The van der Waals surface area contributed by atoms with E-state index >= 15 is 0 Å². The number of nitrogens with one attached hydrogen (secondary N) is 2. The van der Waals surface area contributed by atoms with Crippen LogP contribution in [0, 0.1) is 6.92 Å². The van der Waals surface area contributed by atoms with Crippen LogP contribution in [0.1, 0.15) is 11.1 Å². The molecule has 0 aliphatic rings. The normalized spacial score (nSPS) is 11.5. The van der Waals surface area contributed by atoms with Crippen LogP contribution in [0.4, 0.5) is 0 Å². The van der Waals surface area contributed by atoms with Crippen molar-refractivity contribution < 1.29 is 13.2 Å². The zero-order valence-electron chi connectivity index (χ0n) is 12.4. The third-order valence-corrected chi connectivity index (χ3v) is 4.81. The van der Waals surface area contributed by atoms with Crippen molar-refractivity contribution in [1.82, 2.24) is 14.7 Å². The summed E-state index contributed by atoms with van der Waals surface area (Å²) in [5.74, 6) is -0.599. The molecule has 0 saturated carbocycles. The van der Waals surface area contributed by atoms with Gasteiger partial charge in [0.05, 0.1) is 6.42 Å². The first-order chi connectivity index (χ1) is 11.0. The average Bonchev–Trinajstić information content (AvgIpc) is 2.92. The van der Waals surface area contributed by atoms with Crippen molar-refractivity contribution in [3.63, 3.8) is 0 Å². The molecule has 0 aliphatic carbocycles. The van der Waals surface area contributed by atoms with Gasteiger partial charge >= 0.3 is 0 Å². The van der Waals surface area contributed by atoms with Crippen molar-refractivity contribution in [1.29, 1.82) is 0 Å². The van der Waals surface area contributed by atoms with Gasteiger partial charge in [-0.1, -0.05) is 24.3 Å². The largest absolute Gasteiger partial charge is 0.361 e. The number of fused-ring (bicyclic) bond motifs is 1. The molecule has 2 heterocycles. The Morgan fingerprint density at radius 1 is 1.22 bits per heavy atom. The summed E-state index contributed by atoms with van der Waals surface area (Å²) < 4.78 is 26.2. The van der Waals surface area contributed by atoms with E-state index in [0.29, 0.717) is 0 Å². The van der Waals surface area contributed by atoms with E-state index in [2.05, 4.69) is 9.97 Å². The standard InChI is InChI=1S/C16H15N3O3S/c1-11-5-4-6-13-12(10-18-16(11)13)9-14(20)19-23(21,22)15-7-2-3-8-17-15/h2-8,10,18H,9H2,1H3,(H,19,20). The van der Waals surface area contributed by atoms with Gasteiger partial charge in [0.15, 0.2) is 5.03 Å². The molecule has 0 spiro atoms. The highest BCUT2D eigenvalue weighted by Crippen LogP contribution is 2.21. The minimum absolute atomic E-state index is 0.0322. The topological polar surface area (TPSA) is 91.9 Å². The Morgan fingerprint density at radius 2 is 2.04 bits per heavy atom. The van der Waals surface area contributed by atoms with Crippen LogP contribution in [-0.4, -0.2) is 24.3 Å². The quantitative estimate of drug-likeness (QED) is 0.765. The molecule has 0 atom stereocenters. The van der Waals surface area contributed by atoms with E-state index in [4.69, 9.17) is 0 Å². The fourth-order valence-electron chi connectivity index (χ4n) is 2.43. The second kappa shape index (κ2) is 5.85. The molecule has 118 valence electrons. The Hall–Kier alpha value is -2.67. The Bertz CT molecular complexity index is 963. The van der Waals surface area contributed by atoms with Gasteiger partial charge in [0.25, 0.3) is 10.0 Å². The zero-order valence-corrected chi connectivity index (χ0v) is 13.2. The summed E-state index contributed by atoms with van der Waals surface area (Å²) in [6, 6.07) is 10.3. The number of carbonyl (C=O) groups is 1. The van der Waals surface area contributed by atoms with Crippen LogP contribution in [0.3, 0.4) is 0 Å². The molecule has 0 radical (unpaired) electrons. The van der Waals surface area contributed by atoms with Gasteiger partial charge < -0.3 is 4.98 Å². The summed E-state index contributed by atoms with van der Waals surface area (Å²) in [7, 11) is -3.94. The summed E-state index contributed by atoms with van der Waals surface area (Å²) in [6.45, 7) is 1.97. The third kappa shape index (κ3) is 3.09. The number of aromatic amines is 1. The number of para-hydroxylation sites is 1.